The summed E-state index contributed by atoms with van der Waals surface area (Å²) in [6.45, 7) is 1.99. The predicted molar refractivity (Wildman–Crippen MR) is 63.7 cm³/mol. The van der Waals surface area contributed by atoms with Crippen LogP contribution in [0.4, 0.5) is 17.5 Å². The van der Waals surface area contributed by atoms with Crippen LogP contribution < -0.4 is 16.6 Å². The van der Waals surface area contributed by atoms with Gasteiger partial charge in [-0.1, -0.05) is 12.1 Å². The van der Waals surface area contributed by atoms with E-state index in [1.165, 1.54) is 6.07 Å². The van der Waals surface area contributed by atoms with Crippen LogP contribution >= 0.6 is 0 Å². The maximum atomic E-state index is 11.2. The first kappa shape index (κ1) is 10.2. The van der Waals surface area contributed by atoms with E-state index in [9.17, 15) is 4.79 Å². The van der Waals surface area contributed by atoms with Crippen molar-refractivity contribution in [3.63, 3.8) is 0 Å². The van der Waals surface area contributed by atoms with Crippen molar-refractivity contribution in [3.05, 3.63) is 46.2 Å². The molecular weight excluding hydrogens is 204 g/mol. The number of nitrogen functional groups attached to an aromatic ring is 1. The predicted octanol–water partition coefficient (Wildman–Crippen LogP) is 1.40. The number of aromatic amines is 1. The molecule has 0 bridgehead atoms. The molecule has 1 aromatic heterocycles. The fourth-order valence-corrected chi connectivity index (χ4v) is 1.40. The van der Waals surface area contributed by atoms with Gasteiger partial charge in [0.05, 0.1) is 0 Å². The Bertz CT molecular complexity index is 562. The summed E-state index contributed by atoms with van der Waals surface area (Å²) in [6, 6.07) is 8.98. The van der Waals surface area contributed by atoms with Gasteiger partial charge in [-0.15, -0.1) is 0 Å². The third kappa shape index (κ3) is 2.38. The lowest BCUT2D eigenvalue weighted by Crippen LogP contribution is -2.11. The second-order valence-corrected chi connectivity index (χ2v) is 3.51. The number of rotatable bonds is 2. The molecule has 82 valence electrons. The molecule has 16 heavy (non-hydrogen) atoms. The average Bonchev–Trinajstić information content (AvgIpc) is 2.15. The molecule has 0 spiro atoms. The van der Waals surface area contributed by atoms with E-state index in [0.717, 1.165) is 11.3 Å². The van der Waals surface area contributed by atoms with Crippen molar-refractivity contribution in [2.45, 2.75) is 6.92 Å². The molecule has 0 fully saturated rings. The van der Waals surface area contributed by atoms with Gasteiger partial charge in [-0.2, -0.15) is 4.98 Å². The Balaban J connectivity index is 2.30. The van der Waals surface area contributed by atoms with Crippen LogP contribution in [0.25, 0.3) is 0 Å². The fourth-order valence-electron chi connectivity index (χ4n) is 1.40. The lowest BCUT2D eigenvalue weighted by Gasteiger charge is -2.05. The molecule has 0 atom stereocenters. The Morgan fingerprint density at radius 1 is 1.38 bits per heavy atom. The number of nitrogens with one attached hydrogen (secondary N) is 2. The third-order valence-corrected chi connectivity index (χ3v) is 2.04. The number of benzene rings is 1. The van der Waals surface area contributed by atoms with Gasteiger partial charge >= 0.3 is 0 Å². The van der Waals surface area contributed by atoms with Gasteiger partial charge in [0.2, 0.25) is 5.95 Å². The van der Waals surface area contributed by atoms with E-state index in [4.69, 9.17) is 5.73 Å². The van der Waals surface area contributed by atoms with Crippen molar-refractivity contribution in [3.8, 4) is 0 Å². The molecular formula is C11H12N4O. The minimum absolute atomic E-state index is 0.193. The zero-order valence-corrected chi connectivity index (χ0v) is 8.82. The Morgan fingerprint density at radius 2 is 2.19 bits per heavy atom. The standard InChI is InChI=1S/C11H12N4O/c1-7-3-2-4-8(5-7)13-11-14-9(12)6-10(16)15-11/h2-6H,1H3,(H4,12,13,14,15,16). The van der Waals surface area contributed by atoms with Crippen molar-refractivity contribution in [2.75, 3.05) is 11.1 Å². The van der Waals surface area contributed by atoms with Gasteiger partial charge in [-0.3, -0.25) is 9.78 Å². The van der Waals surface area contributed by atoms with Crippen LogP contribution in [0.1, 0.15) is 5.56 Å². The normalized spacial score (nSPS) is 10.1. The molecule has 0 amide bonds. The van der Waals surface area contributed by atoms with E-state index >= 15 is 0 Å². The van der Waals surface area contributed by atoms with Crippen LogP contribution in [0.15, 0.2) is 35.1 Å². The molecule has 0 unspecified atom stereocenters. The summed E-state index contributed by atoms with van der Waals surface area (Å²) in [6.07, 6.45) is 0. The number of nitrogens with zero attached hydrogens (tertiary/aromatic N) is 1. The molecule has 5 heteroatoms. The minimum atomic E-state index is -0.275. The Kier molecular flexibility index (Phi) is 2.59. The van der Waals surface area contributed by atoms with Crippen LogP contribution in [-0.4, -0.2) is 9.97 Å². The van der Waals surface area contributed by atoms with Gasteiger partial charge in [-0.05, 0) is 24.6 Å². The van der Waals surface area contributed by atoms with E-state index in [-0.39, 0.29) is 11.4 Å². The first-order valence-electron chi connectivity index (χ1n) is 4.84. The zero-order chi connectivity index (χ0) is 11.5. The molecule has 5 nitrogen and oxygen atoms in total. The summed E-state index contributed by atoms with van der Waals surface area (Å²) >= 11 is 0. The summed E-state index contributed by atoms with van der Waals surface area (Å²) in [4.78, 5) is 17.7. The highest BCUT2D eigenvalue weighted by Crippen LogP contribution is 2.13. The molecule has 0 aliphatic rings. The van der Waals surface area contributed by atoms with Crippen LogP contribution in [0.2, 0.25) is 0 Å². The van der Waals surface area contributed by atoms with E-state index in [1.807, 2.05) is 31.2 Å². The minimum Gasteiger partial charge on any atom is -0.383 e. The highest BCUT2D eigenvalue weighted by molar-refractivity contribution is 5.55. The molecule has 0 aliphatic carbocycles. The first-order valence-corrected chi connectivity index (χ1v) is 4.84. The Hall–Kier alpha value is -2.30. The highest BCUT2D eigenvalue weighted by Gasteiger charge is 1.99. The average molecular weight is 216 g/mol. The molecule has 0 radical (unpaired) electrons. The van der Waals surface area contributed by atoms with E-state index in [2.05, 4.69) is 15.3 Å². The van der Waals surface area contributed by atoms with Crippen LogP contribution in [0.3, 0.4) is 0 Å². The van der Waals surface area contributed by atoms with Crippen LogP contribution in [0, 0.1) is 6.92 Å². The number of hydrogen-bond acceptors (Lipinski definition) is 4. The SMILES string of the molecule is Cc1cccc(Nc2nc(N)cc(=O)[nH]2)c1. The number of H-pyrrole nitrogens is 1. The summed E-state index contributed by atoms with van der Waals surface area (Å²) in [5.41, 5.74) is 7.17. The lowest BCUT2D eigenvalue weighted by molar-refractivity contribution is 1.13. The number of nitrogens with two attached hydrogens (primary N) is 1. The second kappa shape index (κ2) is 4.06. The number of hydrogen-bond donors (Lipinski definition) is 3. The quantitative estimate of drug-likeness (QED) is 0.708. The number of aromatic nitrogens is 2. The van der Waals surface area contributed by atoms with Crippen molar-refractivity contribution in [2.24, 2.45) is 0 Å². The van der Waals surface area contributed by atoms with Crippen molar-refractivity contribution in [1.82, 2.24) is 9.97 Å². The van der Waals surface area contributed by atoms with Gasteiger partial charge in [0.25, 0.3) is 5.56 Å². The summed E-state index contributed by atoms with van der Waals surface area (Å²) in [5, 5.41) is 2.98. The second-order valence-electron chi connectivity index (χ2n) is 3.51. The highest BCUT2D eigenvalue weighted by atomic mass is 16.1. The van der Waals surface area contributed by atoms with Gasteiger partial charge < -0.3 is 11.1 Å². The van der Waals surface area contributed by atoms with Gasteiger partial charge in [0.15, 0.2) is 0 Å². The van der Waals surface area contributed by atoms with Gasteiger partial charge in [0.1, 0.15) is 5.82 Å². The largest absolute Gasteiger partial charge is 0.383 e. The topological polar surface area (TPSA) is 83.8 Å². The van der Waals surface area contributed by atoms with E-state index in [0.29, 0.717) is 5.95 Å². The zero-order valence-electron chi connectivity index (χ0n) is 8.82. The van der Waals surface area contributed by atoms with Gasteiger partial charge in [-0.25, -0.2) is 0 Å². The molecule has 1 aromatic carbocycles. The van der Waals surface area contributed by atoms with Crippen molar-refractivity contribution >= 4 is 17.5 Å². The smallest absolute Gasteiger partial charge is 0.254 e. The van der Waals surface area contributed by atoms with Crippen LogP contribution in [0.5, 0.6) is 0 Å². The maximum Gasteiger partial charge on any atom is 0.254 e. The molecule has 0 saturated carbocycles. The van der Waals surface area contributed by atoms with Crippen LogP contribution in [-0.2, 0) is 0 Å². The monoisotopic (exact) mass is 216 g/mol. The summed E-state index contributed by atoms with van der Waals surface area (Å²) in [5.74, 6) is 0.537. The first-order chi connectivity index (χ1) is 7.63. The van der Waals surface area contributed by atoms with E-state index < -0.39 is 0 Å². The summed E-state index contributed by atoms with van der Waals surface area (Å²) < 4.78 is 0. The molecule has 1 heterocycles. The van der Waals surface area contributed by atoms with E-state index in [1.54, 1.807) is 0 Å². The Morgan fingerprint density at radius 3 is 2.88 bits per heavy atom. The summed E-state index contributed by atoms with van der Waals surface area (Å²) in [7, 11) is 0. The number of anilines is 3. The maximum absolute atomic E-state index is 11.2. The molecule has 2 rings (SSSR count). The molecule has 2 aromatic rings. The molecule has 0 saturated heterocycles. The number of aryl methyl sites for hydroxylation is 1. The van der Waals surface area contributed by atoms with Crippen molar-refractivity contribution in [1.29, 1.82) is 0 Å². The Labute approximate surface area is 92.3 Å². The van der Waals surface area contributed by atoms with Gasteiger partial charge in [0, 0.05) is 11.8 Å². The third-order valence-electron chi connectivity index (χ3n) is 2.04. The van der Waals surface area contributed by atoms with Crippen molar-refractivity contribution < 1.29 is 0 Å². The molecule has 4 N–H and O–H groups in total. The fraction of sp³-hybridized carbons (Fsp3) is 0.0909. The molecule has 0 aliphatic heterocycles. The lowest BCUT2D eigenvalue weighted by atomic mass is 10.2.